The summed E-state index contributed by atoms with van der Waals surface area (Å²) < 4.78 is 0. The third-order valence-electron chi connectivity index (χ3n) is 3.44. The van der Waals surface area contributed by atoms with Gasteiger partial charge in [-0.3, -0.25) is 4.79 Å². The van der Waals surface area contributed by atoms with E-state index in [4.69, 9.17) is 5.11 Å². The van der Waals surface area contributed by atoms with Gasteiger partial charge in [0.25, 0.3) is 0 Å². The van der Waals surface area contributed by atoms with E-state index in [1.165, 1.54) is 16.0 Å². The molecular formula is C14H18N2O3. The maximum atomic E-state index is 11.4. The molecule has 1 N–H and O–H groups in total. The lowest BCUT2D eigenvalue weighted by atomic mass is 10.1. The van der Waals surface area contributed by atoms with Crippen molar-refractivity contribution in [2.45, 2.75) is 13.8 Å². The van der Waals surface area contributed by atoms with Gasteiger partial charge < -0.3 is 14.9 Å². The second kappa shape index (κ2) is 5.30. The third kappa shape index (κ3) is 2.86. The summed E-state index contributed by atoms with van der Waals surface area (Å²) in [5.74, 6) is -2.18. The minimum atomic E-state index is -1.38. The summed E-state index contributed by atoms with van der Waals surface area (Å²) in [6.07, 6.45) is 0. The van der Waals surface area contributed by atoms with Crippen LogP contribution in [0.25, 0.3) is 0 Å². The quantitative estimate of drug-likeness (QED) is 0.768. The van der Waals surface area contributed by atoms with Crippen LogP contribution < -0.4 is 4.90 Å². The van der Waals surface area contributed by atoms with Crippen LogP contribution >= 0.6 is 0 Å². The van der Waals surface area contributed by atoms with Gasteiger partial charge in [-0.2, -0.15) is 0 Å². The van der Waals surface area contributed by atoms with Gasteiger partial charge in [0.2, 0.25) is 0 Å². The molecule has 1 heterocycles. The molecule has 1 aliphatic heterocycles. The molecule has 1 amide bonds. The highest BCUT2D eigenvalue weighted by Crippen LogP contribution is 2.22. The van der Waals surface area contributed by atoms with Crippen LogP contribution in [0.2, 0.25) is 0 Å². The highest BCUT2D eigenvalue weighted by Gasteiger charge is 2.25. The van der Waals surface area contributed by atoms with Gasteiger partial charge in [0.15, 0.2) is 0 Å². The van der Waals surface area contributed by atoms with Crippen LogP contribution in [0.3, 0.4) is 0 Å². The lowest BCUT2D eigenvalue weighted by Crippen LogP contribution is -2.50. The van der Waals surface area contributed by atoms with Gasteiger partial charge in [0, 0.05) is 31.9 Å². The number of carboxylic acid groups (broad SMARTS) is 1. The van der Waals surface area contributed by atoms with Crippen molar-refractivity contribution in [3.8, 4) is 0 Å². The van der Waals surface area contributed by atoms with E-state index in [1.54, 1.807) is 0 Å². The van der Waals surface area contributed by atoms with Crippen molar-refractivity contribution in [3.63, 3.8) is 0 Å². The number of aliphatic carboxylic acids is 1. The predicted molar refractivity (Wildman–Crippen MR) is 72.3 cm³/mol. The van der Waals surface area contributed by atoms with Crippen LogP contribution in [0, 0.1) is 13.8 Å². The summed E-state index contributed by atoms with van der Waals surface area (Å²) in [6.45, 7) is 6.38. The molecule has 2 rings (SSSR count). The first-order valence-corrected chi connectivity index (χ1v) is 6.33. The van der Waals surface area contributed by atoms with E-state index in [1.807, 2.05) is 0 Å². The molecule has 1 saturated heterocycles. The lowest BCUT2D eigenvalue weighted by Gasteiger charge is -2.36. The zero-order valence-corrected chi connectivity index (χ0v) is 11.2. The molecule has 1 aromatic rings. The number of rotatable bonds is 1. The van der Waals surface area contributed by atoms with Gasteiger partial charge >= 0.3 is 11.9 Å². The van der Waals surface area contributed by atoms with E-state index in [0.29, 0.717) is 26.2 Å². The molecular weight excluding hydrogens is 244 g/mol. The summed E-state index contributed by atoms with van der Waals surface area (Å²) in [5, 5.41) is 8.69. The Labute approximate surface area is 112 Å². The predicted octanol–water partition coefficient (Wildman–Crippen LogP) is 1.04. The summed E-state index contributed by atoms with van der Waals surface area (Å²) in [4.78, 5) is 25.6. The zero-order chi connectivity index (χ0) is 14.0. The van der Waals surface area contributed by atoms with Gasteiger partial charge in [0.05, 0.1) is 0 Å². The Morgan fingerprint density at radius 1 is 1.11 bits per heavy atom. The van der Waals surface area contributed by atoms with Crippen molar-refractivity contribution < 1.29 is 14.7 Å². The fourth-order valence-corrected chi connectivity index (χ4v) is 2.45. The molecule has 0 atom stereocenters. The number of hydrogen-bond acceptors (Lipinski definition) is 3. The molecule has 0 aromatic heterocycles. The Morgan fingerprint density at radius 3 is 2.26 bits per heavy atom. The van der Waals surface area contributed by atoms with E-state index < -0.39 is 11.9 Å². The number of benzene rings is 1. The monoisotopic (exact) mass is 262 g/mol. The standard InChI is InChI=1S/C14H18N2O3/c1-10-3-4-12(11(2)9-10)15-5-7-16(8-6-15)13(17)14(18)19/h3-4,9H,5-8H2,1-2H3,(H,18,19). The molecule has 0 spiro atoms. The molecule has 19 heavy (non-hydrogen) atoms. The van der Waals surface area contributed by atoms with Gasteiger partial charge in [-0.25, -0.2) is 4.79 Å². The zero-order valence-electron chi connectivity index (χ0n) is 11.2. The van der Waals surface area contributed by atoms with E-state index in [2.05, 4.69) is 36.9 Å². The average molecular weight is 262 g/mol. The second-order valence-electron chi connectivity index (χ2n) is 4.87. The summed E-state index contributed by atoms with van der Waals surface area (Å²) in [5.41, 5.74) is 3.59. The number of piperazine rings is 1. The maximum absolute atomic E-state index is 11.4. The molecule has 5 heteroatoms. The first-order valence-electron chi connectivity index (χ1n) is 6.33. The van der Waals surface area contributed by atoms with Crippen LogP contribution in [0.1, 0.15) is 11.1 Å². The van der Waals surface area contributed by atoms with Crippen LogP contribution in [0.4, 0.5) is 5.69 Å². The van der Waals surface area contributed by atoms with Crippen molar-refractivity contribution in [2.75, 3.05) is 31.1 Å². The molecule has 1 aliphatic rings. The number of anilines is 1. The SMILES string of the molecule is Cc1ccc(N2CCN(C(=O)C(=O)O)CC2)c(C)c1. The first kappa shape index (κ1) is 13.4. The minimum Gasteiger partial charge on any atom is -0.474 e. The fraction of sp³-hybridized carbons (Fsp3) is 0.429. The Morgan fingerprint density at radius 2 is 1.74 bits per heavy atom. The Hall–Kier alpha value is -2.04. The smallest absolute Gasteiger partial charge is 0.394 e. The number of hydrogen-bond donors (Lipinski definition) is 1. The second-order valence-corrected chi connectivity index (χ2v) is 4.87. The van der Waals surface area contributed by atoms with E-state index in [9.17, 15) is 9.59 Å². The van der Waals surface area contributed by atoms with Crippen LogP contribution in [-0.4, -0.2) is 48.1 Å². The highest BCUT2D eigenvalue weighted by molar-refractivity contribution is 6.31. The van der Waals surface area contributed by atoms with Gasteiger partial charge in [-0.05, 0) is 25.5 Å². The number of aryl methyl sites for hydroxylation is 2. The third-order valence-corrected chi connectivity index (χ3v) is 3.44. The number of carbonyl (C=O) groups is 2. The Bertz CT molecular complexity index is 505. The number of carbonyl (C=O) groups excluding carboxylic acids is 1. The van der Waals surface area contributed by atoms with Crippen molar-refractivity contribution in [3.05, 3.63) is 29.3 Å². The lowest BCUT2D eigenvalue weighted by molar-refractivity contribution is -0.156. The van der Waals surface area contributed by atoms with E-state index in [0.717, 1.165) is 5.69 Å². The summed E-state index contributed by atoms with van der Waals surface area (Å²) >= 11 is 0. The van der Waals surface area contributed by atoms with E-state index in [-0.39, 0.29) is 0 Å². The molecule has 5 nitrogen and oxygen atoms in total. The van der Waals surface area contributed by atoms with E-state index >= 15 is 0 Å². The Kier molecular flexibility index (Phi) is 3.74. The van der Waals surface area contributed by atoms with Crippen molar-refractivity contribution in [1.29, 1.82) is 0 Å². The Balaban J connectivity index is 2.04. The van der Waals surface area contributed by atoms with Gasteiger partial charge in [-0.1, -0.05) is 17.7 Å². The van der Waals surface area contributed by atoms with Crippen molar-refractivity contribution in [2.24, 2.45) is 0 Å². The molecule has 1 aromatic carbocycles. The van der Waals surface area contributed by atoms with Crippen LogP contribution in [-0.2, 0) is 9.59 Å². The molecule has 102 valence electrons. The summed E-state index contributed by atoms with van der Waals surface area (Å²) in [6, 6.07) is 6.28. The molecule has 1 fully saturated rings. The summed E-state index contributed by atoms with van der Waals surface area (Å²) in [7, 11) is 0. The fourth-order valence-electron chi connectivity index (χ4n) is 2.45. The van der Waals surface area contributed by atoms with Crippen molar-refractivity contribution in [1.82, 2.24) is 4.90 Å². The van der Waals surface area contributed by atoms with Gasteiger partial charge in [0.1, 0.15) is 0 Å². The number of amides is 1. The van der Waals surface area contributed by atoms with Crippen LogP contribution in [0.15, 0.2) is 18.2 Å². The minimum absolute atomic E-state index is 0.457. The van der Waals surface area contributed by atoms with Gasteiger partial charge in [-0.15, -0.1) is 0 Å². The largest absolute Gasteiger partial charge is 0.474 e. The molecule has 0 bridgehead atoms. The highest BCUT2D eigenvalue weighted by atomic mass is 16.4. The normalized spacial score (nSPS) is 15.5. The average Bonchev–Trinajstić information content (AvgIpc) is 2.38. The molecule has 0 unspecified atom stereocenters. The topological polar surface area (TPSA) is 60.9 Å². The maximum Gasteiger partial charge on any atom is 0.394 e. The number of nitrogens with zero attached hydrogens (tertiary/aromatic N) is 2. The van der Waals surface area contributed by atoms with Crippen molar-refractivity contribution >= 4 is 17.6 Å². The molecule has 0 radical (unpaired) electrons. The van der Waals surface area contributed by atoms with Crippen LogP contribution in [0.5, 0.6) is 0 Å². The first-order chi connectivity index (χ1) is 8.99. The number of carboxylic acids is 1. The molecule has 0 saturated carbocycles. The molecule has 0 aliphatic carbocycles.